The molecule has 4 rings (SSSR count). The summed E-state index contributed by atoms with van der Waals surface area (Å²) in [5, 5.41) is 0.676. The van der Waals surface area contributed by atoms with Gasteiger partial charge in [-0.2, -0.15) is 0 Å². The van der Waals surface area contributed by atoms with E-state index in [1.807, 2.05) is 53.4 Å². The highest BCUT2D eigenvalue weighted by Gasteiger charge is 2.45. The Bertz CT molecular complexity index is 910. The Morgan fingerprint density at radius 1 is 1.03 bits per heavy atom. The number of piperidine rings is 1. The number of carbonyl (C=O) groups excluding carboxylic acids is 2. The maximum absolute atomic E-state index is 13.6. The van der Waals surface area contributed by atoms with Crippen molar-refractivity contribution in [2.24, 2.45) is 5.92 Å². The van der Waals surface area contributed by atoms with Crippen molar-refractivity contribution in [1.82, 2.24) is 4.90 Å². The van der Waals surface area contributed by atoms with Gasteiger partial charge in [0.05, 0.1) is 12.5 Å². The van der Waals surface area contributed by atoms with Crippen molar-refractivity contribution in [1.29, 1.82) is 0 Å². The van der Waals surface area contributed by atoms with Gasteiger partial charge in [-0.3, -0.25) is 9.59 Å². The lowest BCUT2D eigenvalue weighted by Crippen LogP contribution is -2.49. The number of likely N-dealkylation sites (tertiary alicyclic amines) is 1. The molecule has 1 aliphatic heterocycles. The molecule has 1 amide bonds. The largest absolute Gasteiger partial charge is 0.497 e. The Morgan fingerprint density at radius 2 is 1.70 bits per heavy atom. The molecule has 4 nitrogen and oxygen atoms in total. The van der Waals surface area contributed by atoms with Gasteiger partial charge >= 0.3 is 0 Å². The third-order valence-corrected chi connectivity index (χ3v) is 7.01. The minimum absolute atomic E-state index is 0.0341. The highest BCUT2D eigenvalue weighted by Crippen LogP contribution is 2.44. The number of hydrogen-bond donors (Lipinski definition) is 0. The number of benzene rings is 2. The van der Waals surface area contributed by atoms with Crippen LogP contribution in [-0.2, 0) is 10.2 Å². The maximum Gasteiger partial charge on any atom is 0.233 e. The summed E-state index contributed by atoms with van der Waals surface area (Å²) in [5.74, 6) is 1.08. The molecule has 1 saturated carbocycles. The standard InChI is InChI=1S/C25H28ClNO3/c1-30-22-9-7-18(8-10-22)23(28)19-11-15-27(16-12-19)24(29)25(13-2-3-14-25)20-5-4-6-21(26)17-20/h4-10,17,19H,2-3,11-16H2,1H3. The van der Waals surface area contributed by atoms with E-state index in [0.29, 0.717) is 36.5 Å². The predicted octanol–water partition coefficient (Wildman–Crippen LogP) is 5.28. The first kappa shape index (κ1) is 20.9. The number of ether oxygens (including phenoxy) is 1. The molecule has 1 heterocycles. The fourth-order valence-corrected chi connectivity index (χ4v) is 5.22. The molecule has 0 radical (unpaired) electrons. The van der Waals surface area contributed by atoms with Gasteiger partial charge in [-0.25, -0.2) is 0 Å². The normalized spacial score (nSPS) is 18.9. The van der Waals surface area contributed by atoms with Crippen LogP contribution in [0.5, 0.6) is 5.75 Å². The van der Waals surface area contributed by atoms with Gasteiger partial charge in [0.25, 0.3) is 0 Å². The van der Waals surface area contributed by atoms with Crippen LogP contribution >= 0.6 is 11.6 Å². The van der Waals surface area contributed by atoms with Crippen LogP contribution in [0.1, 0.15) is 54.4 Å². The van der Waals surface area contributed by atoms with Crippen molar-refractivity contribution in [2.45, 2.75) is 43.9 Å². The Hall–Kier alpha value is -2.33. The number of nitrogens with zero attached hydrogens (tertiary/aromatic N) is 1. The van der Waals surface area contributed by atoms with Crippen LogP contribution < -0.4 is 4.74 Å². The van der Waals surface area contributed by atoms with Crippen LogP contribution in [0.2, 0.25) is 5.02 Å². The van der Waals surface area contributed by atoms with Crippen molar-refractivity contribution in [2.75, 3.05) is 20.2 Å². The first-order valence-electron chi connectivity index (χ1n) is 10.8. The number of ketones is 1. The summed E-state index contributed by atoms with van der Waals surface area (Å²) >= 11 is 6.24. The SMILES string of the molecule is COc1ccc(C(=O)C2CCN(C(=O)C3(c4cccc(Cl)c4)CCCC3)CC2)cc1. The highest BCUT2D eigenvalue weighted by molar-refractivity contribution is 6.30. The van der Waals surface area contributed by atoms with Crippen molar-refractivity contribution >= 4 is 23.3 Å². The van der Waals surface area contributed by atoms with Crippen molar-refractivity contribution in [3.05, 3.63) is 64.7 Å². The van der Waals surface area contributed by atoms with E-state index in [-0.39, 0.29) is 17.6 Å². The molecule has 0 atom stereocenters. The van der Waals surface area contributed by atoms with Crippen LogP contribution in [-0.4, -0.2) is 36.8 Å². The van der Waals surface area contributed by atoms with E-state index < -0.39 is 5.41 Å². The van der Waals surface area contributed by atoms with Crippen LogP contribution in [0, 0.1) is 5.92 Å². The Balaban J connectivity index is 1.45. The Kier molecular flexibility index (Phi) is 6.14. The van der Waals surface area contributed by atoms with E-state index in [2.05, 4.69) is 0 Å². The molecule has 5 heteroatoms. The van der Waals surface area contributed by atoms with E-state index in [1.54, 1.807) is 7.11 Å². The average molecular weight is 426 g/mol. The maximum atomic E-state index is 13.6. The van der Waals surface area contributed by atoms with Crippen LogP contribution in [0.3, 0.4) is 0 Å². The zero-order valence-electron chi connectivity index (χ0n) is 17.4. The summed E-state index contributed by atoms with van der Waals surface area (Å²) in [6.07, 6.45) is 5.29. The molecule has 2 aromatic carbocycles. The van der Waals surface area contributed by atoms with Gasteiger partial charge in [0.1, 0.15) is 5.75 Å². The van der Waals surface area contributed by atoms with Gasteiger partial charge in [0.2, 0.25) is 5.91 Å². The number of carbonyl (C=O) groups is 2. The molecule has 0 aromatic heterocycles. The summed E-state index contributed by atoms with van der Waals surface area (Å²) in [6, 6.07) is 15.1. The summed E-state index contributed by atoms with van der Waals surface area (Å²) in [4.78, 5) is 28.5. The summed E-state index contributed by atoms with van der Waals surface area (Å²) in [6.45, 7) is 1.27. The monoisotopic (exact) mass is 425 g/mol. The van der Waals surface area contributed by atoms with Gasteiger partial charge in [0, 0.05) is 29.6 Å². The third kappa shape index (κ3) is 3.98. The zero-order valence-corrected chi connectivity index (χ0v) is 18.2. The van der Waals surface area contributed by atoms with Gasteiger partial charge in [-0.15, -0.1) is 0 Å². The minimum atomic E-state index is -0.461. The number of halogens is 1. The Labute approximate surface area is 183 Å². The minimum Gasteiger partial charge on any atom is -0.497 e. The Morgan fingerprint density at radius 3 is 2.30 bits per heavy atom. The molecule has 1 aliphatic carbocycles. The zero-order chi connectivity index (χ0) is 21.1. The molecule has 2 aromatic rings. The van der Waals surface area contributed by atoms with Gasteiger partial charge in [-0.1, -0.05) is 36.6 Å². The van der Waals surface area contributed by atoms with E-state index in [0.717, 1.165) is 37.0 Å². The quantitative estimate of drug-likeness (QED) is 0.612. The molecule has 2 fully saturated rings. The van der Waals surface area contributed by atoms with Gasteiger partial charge in [0.15, 0.2) is 5.78 Å². The lowest BCUT2D eigenvalue weighted by Gasteiger charge is -2.38. The smallest absolute Gasteiger partial charge is 0.233 e. The third-order valence-electron chi connectivity index (χ3n) is 6.77. The fourth-order valence-electron chi connectivity index (χ4n) is 5.03. The van der Waals surface area contributed by atoms with E-state index >= 15 is 0 Å². The summed E-state index contributed by atoms with van der Waals surface area (Å²) in [7, 11) is 1.62. The number of hydrogen-bond acceptors (Lipinski definition) is 3. The van der Waals surface area contributed by atoms with Crippen LogP contribution in [0.4, 0.5) is 0 Å². The molecule has 0 bridgehead atoms. The molecular weight excluding hydrogens is 398 g/mol. The molecule has 158 valence electrons. The highest BCUT2D eigenvalue weighted by atomic mass is 35.5. The molecule has 0 spiro atoms. The second kappa shape index (κ2) is 8.81. The summed E-state index contributed by atoms with van der Waals surface area (Å²) in [5.41, 5.74) is 1.29. The van der Waals surface area contributed by atoms with Crippen LogP contribution in [0.15, 0.2) is 48.5 Å². The van der Waals surface area contributed by atoms with Crippen molar-refractivity contribution in [3.63, 3.8) is 0 Å². The summed E-state index contributed by atoms with van der Waals surface area (Å²) < 4.78 is 5.17. The average Bonchev–Trinajstić information content (AvgIpc) is 3.29. The first-order chi connectivity index (χ1) is 14.5. The van der Waals surface area contributed by atoms with Crippen molar-refractivity contribution in [3.8, 4) is 5.75 Å². The topological polar surface area (TPSA) is 46.6 Å². The second-order valence-corrected chi connectivity index (χ2v) is 8.90. The molecular formula is C25H28ClNO3. The van der Waals surface area contributed by atoms with E-state index in [9.17, 15) is 9.59 Å². The lowest BCUT2D eigenvalue weighted by molar-refractivity contribution is -0.138. The molecule has 1 saturated heterocycles. The number of Topliss-reactive ketones (excluding diaryl/α,β-unsaturated/α-hetero) is 1. The number of amides is 1. The van der Waals surface area contributed by atoms with Crippen LogP contribution in [0.25, 0.3) is 0 Å². The van der Waals surface area contributed by atoms with E-state index in [4.69, 9.17) is 16.3 Å². The van der Waals surface area contributed by atoms with Gasteiger partial charge in [-0.05, 0) is 67.6 Å². The molecule has 0 N–H and O–H groups in total. The fraction of sp³-hybridized carbons (Fsp3) is 0.440. The predicted molar refractivity (Wildman–Crippen MR) is 118 cm³/mol. The second-order valence-electron chi connectivity index (χ2n) is 8.46. The number of methoxy groups -OCH3 is 1. The molecule has 2 aliphatic rings. The lowest BCUT2D eigenvalue weighted by atomic mass is 9.76. The molecule has 30 heavy (non-hydrogen) atoms. The van der Waals surface area contributed by atoms with E-state index in [1.165, 1.54) is 0 Å². The number of rotatable bonds is 5. The molecule has 0 unspecified atom stereocenters. The first-order valence-corrected chi connectivity index (χ1v) is 11.1. The van der Waals surface area contributed by atoms with Crippen molar-refractivity contribution < 1.29 is 14.3 Å². The van der Waals surface area contributed by atoms with Gasteiger partial charge < -0.3 is 9.64 Å².